The van der Waals surface area contributed by atoms with Crippen molar-refractivity contribution < 1.29 is 4.42 Å². The molecule has 0 radical (unpaired) electrons. The second-order valence-corrected chi connectivity index (χ2v) is 6.19. The van der Waals surface area contributed by atoms with E-state index in [1.807, 2.05) is 18.2 Å². The second kappa shape index (κ2) is 6.82. The van der Waals surface area contributed by atoms with Crippen LogP contribution in [0.5, 0.6) is 0 Å². The molecule has 2 aromatic rings. The quantitative estimate of drug-likeness (QED) is 0.903. The van der Waals surface area contributed by atoms with Crippen molar-refractivity contribution in [3.63, 3.8) is 0 Å². The minimum absolute atomic E-state index is 0.520. The first kappa shape index (κ1) is 14.9. The Bertz CT molecular complexity index is 587. The molecule has 1 saturated heterocycles. The molecule has 1 aromatic carbocycles. The summed E-state index contributed by atoms with van der Waals surface area (Å²) in [7, 11) is 0. The molecule has 4 heteroatoms. The molecule has 0 saturated carbocycles. The molecule has 114 valence electrons. The molecular weight excluding hydrogens is 284 g/mol. The van der Waals surface area contributed by atoms with Gasteiger partial charge >= 0.3 is 0 Å². The molecule has 0 atom stereocenters. The van der Waals surface area contributed by atoms with Crippen molar-refractivity contribution in [3.05, 3.63) is 35.0 Å². The van der Waals surface area contributed by atoms with Gasteiger partial charge in [0.2, 0.25) is 0 Å². The van der Waals surface area contributed by atoms with Gasteiger partial charge in [0, 0.05) is 23.5 Å². The topological polar surface area (TPSA) is 28.4 Å². The number of halogens is 1. The average molecular weight is 307 g/mol. The summed E-state index contributed by atoms with van der Waals surface area (Å²) in [5.74, 6) is 0. The van der Waals surface area contributed by atoms with E-state index >= 15 is 0 Å². The lowest BCUT2D eigenvalue weighted by atomic mass is 10.0. The van der Waals surface area contributed by atoms with E-state index in [1.54, 1.807) is 0 Å². The van der Waals surface area contributed by atoms with Crippen molar-refractivity contribution in [1.29, 1.82) is 0 Å². The molecule has 1 aliphatic heterocycles. The summed E-state index contributed by atoms with van der Waals surface area (Å²) < 4.78 is 5.61. The fourth-order valence-electron chi connectivity index (χ4n) is 3.16. The van der Waals surface area contributed by atoms with Crippen LogP contribution < -0.4 is 5.32 Å². The fourth-order valence-corrected chi connectivity index (χ4v) is 3.41. The highest BCUT2D eigenvalue weighted by Crippen LogP contribution is 2.29. The van der Waals surface area contributed by atoms with Gasteiger partial charge in [0.15, 0.2) is 5.22 Å². The Kier molecular flexibility index (Phi) is 4.84. The smallest absolute Gasteiger partial charge is 0.199 e. The van der Waals surface area contributed by atoms with Crippen LogP contribution >= 0.6 is 11.6 Å². The van der Waals surface area contributed by atoms with Crippen LogP contribution in [0.2, 0.25) is 5.22 Å². The number of para-hydroxylation sites is 1. The molecule has 0 unspecified atom stereocenters. The van der Waals surface area contributed by atoms with E-state index in [2.05, 4.69) is 23.2 Å². The van der Waals surface area contributed by atoms with Gasteiger partial charge in [-0.05, 0) is 56.6 Å². The first-order valence-electron chi connectivity index (χ1n) is 7.89. The van der Waals surface area contributed by atoms with E-state index in [0.717, 1.165) is 23.1 Å². The molecule has 21 heavy (non-hydrogen) atoms. The number of nitrogens with one attached hydrogen (secondary N) is 1. The molecule has 3 nitrogen and oxygen atoms in total. The second-order valence-electron chi connectivity index (χ2n) is 5.85. The number of benzene rings is 1. The van der Waals surface area contributed by atoms with Gasteiger partial charge in [0.25, 0.3) is 0 Å². The number of hydrogen-bond donors (Lipinski definition) is 1. The third-order valence-corrected chi connectivity index (χ3v) is 4.65. The van der Waals surface area contributed by atoms with Crippen LogP contribution in [0.3, 0.4) is 0 Å². The first-order chi connectivity index (χ1) is 10.3. The molecule has 1 aromatic heterocycles. The molecule has 0 amide bonds. The summed E-state index contributed by atoms with van der Waals surface area (Å²) in [6.07, 6.45) is 3.68. The van der Waals surface area contributed by atoms with E-state index in [0.29, 0.717) is 11.3 Å². The van der Waals surface area contributed by atoms with Gasteiger partial charge in [0.1, 0.15) is 5.58 Å². The summed E-state index contributed by atoms with van der Waals surface area (Å²) in [4.78, 5) is 2.55. The average Bonchev–Trinajstić information content (AvgIpc) is 2.82. The van der Waals surface area contributed by atoms with Gasteiger partial charge in [-0.15, -0.1) is 0 Å². The Hall–Kier alpha value is -1.03. The Balaban J connectivity index is 1.59. The van der Waals surface area contributed by atoms with Crippen molar-refractivity contribution in [1.82, 2.24) is 10.2 Å². The Morgan fingerprint density at radius 2 is 2.05 bits per heavy atom. The van der Waals surface area contributed by atoms with Gasteiger partial charge in [-0.1, -0.05) is 25.1 Å². The molecule has 0 bridgehead atoms. The minimum atomic E-state index is 0.520. The Morgan fingerprint density at radius 3 is 2.81 bits per heavy atom. The highest BCUT2D eigenvalue weighted by atomic mass is 35.5. The lowest BCUT2D eigenvalue weighted by Crippen LogP contribution is -2.42. The summed E-state index contributed by atoms with van der Waals surface area (Å²) in [5, 5.41) is 5.29. The van der Waals surface area contributed by atoms with Crippen LogP contribution in [0.25, 0.3) is 11.0 Å². The molecule has 1 fully saturated rings. The third-order valence-electron chi connectivity index (χ3n) is 4.34. The van der Waals surface area contributed by atoms with E-state index in [-0.39, 0.29) is 0 Å². The van der Waals surface area contributed by atoms with Gasteiger partial charge in [-0.3, -0.25) is 0 Å². The zero-order valence-electron chi connectivity index (χ0n) is 12.6. The van der Waals surface area contributed by atoms with E-state index in [4.69, 9.17) is 16.0 Å². The van der Waals surface area contributed by atoms with Gasteiger partial charge in [0.05, 0.1) is 0 Å². The van der Waals surface area contributed by atoms with Crippen molar-refractivity contribution >= 4 is 22.6 Å². The van der Waals surface area contributed by atoms with Gasteiger partial charge in [-0.25, -0.2) is 0 Å². The summed E-state index contributed by atoms with van der Waals surface area (Å²) in [6.45, 7) is 6.66. The normalized spacial score (nSPS) is 17.6. The summed E-state index contributed by atoms with van der Waals surface area (Å²) >= 11 is 6.23. The Labute approximate surface area is 131 Å². The summed E-state index contributed by atoms with van der Waals surface area (Å²) in [6, 6.07) is 8.63. The lowest BCUT2D eigenvalue weighted by molar-refractivity contribution is 0.197. The van der Waals surface area contributed by atoms with Gasteiger partial charge < -0.3 is 14.6 Å². The number of piperidine rings is 1. The number of fused-ring (bicyclic) bond motifs is 1. The number of likely N-dealkylation sites (tertiary alicyclic amines) is 1. The first-order valence-corrected chi connectivity index (χ1v) is 8.27. The number of rotatable bonds is 5. The van der Waals surface area contributed by atoms with Crippen molar-refractivity contribution in [3.8, 4) is 0 Å². The van der Waals surface area contributed by atoms with Crippen LogP contribution in [0.15, 0.2) is 28.7 Å². The maximum absolute atomic E-state index is 6.23. The standard InChI is InChI=1S/C17H23ClN2O/c1-2-9-20-10-7-13(8-11-20)19-12-15-14-5-3-4-6-16(14)21-17(15)18/h3-6,13,19H,2,7-12H2,1H3. The number of furan rings is 1. The maximum Gasteiger partial charge on any atom is 0.199 e. The number of nitrogens with zero attached hydrogens (tertiary/aromatic N) is 1. The van der Waals surface area contributed by atoms with Crippen molar-refractivity contribution in [2.75, 3.05) is 19.6 Å². The zero-order chi connectivity index (χ0) is 14.7. The fraction of sp³-hybridized carbons (Fsp3) is 0.529. The van der Waals surface area contributed by atoms with Crippen molar-refractivity contribution in [2.24, 2.45) is 0 Å². The van der Waals surface area contributed by atoms with Crippen LogP contribution in [-0.4, -0.2) is 30.6 Å². The molecule has 0 spiro atoms. The van der Waals surface area contributed by atoms with E-state index in [9.17, 15) is 0 Å². The molecular formula is C17H23ClN2O. The van der Waals surface area contributed by atoms with Crippen LogP contribution in [-0.2, 0) is 6.54 Å². The van der Waals surface area contributed by atoms with Crippen LogP contribution in [0, 0.1) is 0 Å². The summed E-state index contributed by atoms with van der Waals surface area (Å²) in [5.41, 5.74) is 1.96. The Morgan fingerprint density at radius 1 is 1.29 bits per heavy atom. The van der Waals surface area contributed by atoms with E-state index in [1.165, 1.54) is 38.9 Å². The minimum Gasteiger partial charge on any atom is -0.444 e. The van der Waals surface area contributed by atoms with Gasteiger partial charge in [-0.2, -0.15) is 0 Å². The highest BCUT2D eigenvalue weighted by molar-refractivity contribution is 6.30. The molecule has 1 N–H and O–H groups in total. The van der Waals surface area contributed by atoms with Crippen LogP contribution in [0.1, 0.15) is 31.7 Å². The van der Waals surface area contributed by atoms with Crippen LogP contribution in [0.4, 0.5) is 0 Å². The lowest BCUT2D eigenvalue weighted by Gasteiger charge is -2.32. The van der Waals surface area contributed by atoms with E-state index < -0.39 is 0 Å². The highest BCUT2D eigenvalue weighted by Gasteiger charge is 2.19. The number of hydrogen-bond acceptors (Lipinski definition) is 3. The molecule has 1 aliphatic rings. The SMILES string of the molecule is CCCN1CCC(NCc2c(Cl)oc3ccccc23)CC1. The molecule has 3 rings (SSSR count). The largest absolute Gasteiger partial charge is 0.444 e. The predicted molar refractivity (Wildman–Crippen MR) is 87.8 cm³/mol. The zero-order valence-corrected chi connectivity index (χ0v) is 13.3. The molecule has 0 aliphatic carbocycles. The third kappa shape index (κ3) is 3.42. The maximum atomic E-state index is 6.23. The van der Waals surface area contributed by atoms with Crippen molar-refractivity contribution in [2.45, 2.75) is 38.8 Å². The predicted octanol–water partition coefficient (Wildman–Crippen LogP) is 4.05. The monoisotopic (exact) mass is 306 g/mol. The molecule has 2 heterocycles.